The zero-order valence-electron chi connectivity index (χ0n) is 16.7. The van der Waals surface area contributed by atoms with Gasteiger partial charge in [-0.05, 0) is 29.6 Å². The molecule has 2 aromatic carbocycles. The van der Waals surface area contributed by atoms with Crippen LogP contribution in [0.3, 0.4) is 0 Å². The number of hydrogen-bond acceptors (Lipinski definition) is 7. The van der Waals surface area contributed by atoms with Gasteiger partial charge >= 0.3 is 5.97 Å². The lowest BCUT2D eigenvalue weighted by Gasteiger charge is -2.32. The summed E-state index contributed by atoms with van der Waals surface area (Å²) < 4.78 is 10.7. The number of hydrogen-bond donors (Lipinski definition) is 0. The Morgan fingerprint density at radius 3 is 2.52 bits per heavy atom. The molecule has 5 rings (SSSR count). The Hall–Kier alpha value is -3.23. The molecule has 0 bridgehead atoms. The molecule has 1 saturated heterocycles. The van der Waals surface area contributed by atoms with Crippen molar-refractivity contribution in [1.82, 2.24) is 4.90 Å². The first-order chi connectivity index (χ1) is 15.1. The molecule has 0 radical (unpaired) electrons. The summed E-state index contributed by atoms with van der Waals surface area (Å²) in [5.41, 5.74) is 1.99. The van der Waals surface area contributed by atoms with Crippen LogP contribution in [0.2, 0.25) is 0 Å². The molecule has 1 aromatic heterocycles. The van der Waals surface area contributed by atoms with E-state index in [4.69, 9.17) is 9.47 Å². The summed E-state index contributed by atoms with van der Waals surface area (Å²) in [4.78, 5) is 42.2. The van der Waals surface area contributed by atoms with Gasteiger partial charge in [0, 0.05) is 40.7 Å². The normalized spacial score (nSPS) is 16.1. The number of carbonyl (C=O) groups excluding carboxylic acids is 3. The Balaban J connectivity index is 1.41. The van der Waals surface area contributed by atoms with Crippen molar-refractivity contribution in [3.63, 3.8) is 0 Å². The topological polar surface area (TPSA) is 76.2 Å². The summed E-state index contributed by atoms with van der Waals surface area (Å²) >= 11 is 1.28. The zero-order valence-corrected chi connectivity index (χ0v) is 17.5. The Morgan fingerprint density at radius 1 is 1.00 bits per heavy atom. The Bertz CT molecular complexity index is 1150. The maximum atomic E-state index is 13.1. The minimum Gasteiger partial charge on any atom is -0.460 e. The molecule has 3 heterocycles. The van der Waals surface area contributed by atoms with Crippen LogP contribution in [-0.4, -0.2) is 62.1 Å². The number of rotatable bonds is 5. The molecular weight excluding hydrogens is 416 g/mol. The molecule has 0 spiro atoms. The number of imide groups is 1. The third-order valence-electron chi connectivity index (χ3n) is 5.59. The third-order valence-corrected chi connectivity index (χ3v) is 6.44. The van der Waals surface area contributed by atoms with Crippen LogP contribution in [0.1, 0.15) is 30.4 Å². The maximum absolute atomic E-state index is 13.1. The molecule has 7 nitrogen and oxygen atoms in total. The Kier molecular flexibility index (Phi) is 5.17. The second-order valence-electron chi connectivity index (χ2n) is 7.33. The van der Waals surface area contributed by atoms with Crippen LogP contribution >= 0.6 is 11.3 Å². The molecule has 8 heteroatoms. The first kappa shape index (κ1) is 19.7. The van der Waals surface area contributed by atoms with Crippen LogP contribution in [0.25, 0.3) is 10.8 Å². The van der Waals surface area contributed by atoms with Gasteiger partial charge in [0.15, 0.2) is 0 Å². The summed E-state index contributed by atoms with van der Waals surface area (Å²) in [6, 6.07) is 12.7. The number of esters is 1. The highest BCUT2D eigenvalue weighted by Gasteiger charge is 2.33. The van der Waals surface area contributed by atoms with Gasteiger partial charge in [0.1, 0.15) is 11.5 Å². The standard InChI is InChI=1S/C23H20N2O5S/c26-21-16-4-1-3-15-18(24-8-11-29-12-9-24)7-6-17(20(15)16)22(27)25(21)10-13-30-23(28)19-5-2-14-31-19/h1-7,14H,8-13H2. The van der Waals surface area contributed by atoms with E-state index < -0.39 is 5.97 Å². The molecule has 1 fully saturated rings. The van der Waals surface area contributed by atoms with Gasteiger partial charge in [-0.3, -0.25) is 14.5 Å². The monoisotopic (exact) mass is 436 g/mol. The molecule has 3 aromatic rings. The summed E-state index contributed by atoms with van der Waals surface area (Å²) in [5, 5.41) is 3.37. The quantitative estimate of drug-likeness (QED) is 0.452. The van der Waals surface area contributed by atoms with E-state index >= 15 is 0 Å². The number of carbonyl (C=O) groups is 3. The van der Waals surface area contributed by atoms with Crippen LogP contribution in [-0.2, 0) is 9.47 Å². The molecule has 158 valence electrons. The minimum absolute atomic E-state index is 0.00975. The van der Waals surface area contributed by atoms with Gasteiger partial charge in [-0.25, -0.2) is 4.79 Å². The van der Waals surface area contributed by atoms with Crippen molar-refractivity contribution in [2.24, 2.45) is 0 Å². The summed E-state index contributed by atoms with van der Waals surface area (Å²) in [6.45, 7) is 2.79. The number of thiophene rings is 1. The van der Waals surface area contributed by atoms with Crippen molar-refractivity contribution in [2.75, 3.05) is 44.4 Å². The van der Waals surface area contributed by atoms with E-state index in [1.165, 1.54) is 11.3 Å². The van der Waals surface area contributed by atoms with Crippen molar-refractivity contribution >= 4 is 45.6 Å². The van der Waals surface area contributed by atoms with E-state index in [2.05, 4.69) is 4.90 Å². The average molecular weight is 436 g/mol. The van der Waals surface area contributed by atoms with Gasteiger partial charge in [-0.2, -0.15) is 0 Å². The summed E-state index contributed by atoms with van der Waals surface area (Å²) in [6.07, 6.45) is 0. The van der Waals surface area contributed by atoms with Crippen LogP contribution in [0.15, 0.2) is 47.8 Å². The smallest absolute Gasteiger partial charge is 0.348 e. The lowest BCUT2D eigenvalue weighted by atomic mass is 9.92. The van der Waals surface area contributed by atoms with Crippen molar-refractivity contribution in [3.8, 4) is 0 Å². The lowest BCUT2D eigenvalue weighted by molar-refractivity contribution is 0.0409. The highest BCUT2D eigenvalue weighted by Crippen LogP contribution is 2.36. The number of nitrogens with zero attached hydrogens (tertiary/aromatic N) is 2. The lowest BCUT2D eigenvalue weighted by Crippen LogP contribution is -2.42. The molecule has 0 N–H and O–H groups in total. The van der Waals surface area contributed by atoms with Gasteiger partial charge in [0.05, 0.1) is 19.8 Å². The fourth-order valence-electron chi connectivity index (χ4n) is 4.11. The summed E-state index contributed by atoms with van der Waals surface area (Å²) in [5.74, 6) is -1.19. The van der Waals surface area contributed by atoms with E-state index in [0.29, 0.717) is 34.6 Å². The average Bonchev–Trinajstić information content (AvgIpc) is 3.35. The van der Waals surface area contributed by atoms with E-state index in [-0.39, 0.29) is 25.0 Å². The summed E-state index contributed by atoms with van der Waals surface area (Å²) in [7, 11) is 0. The third kappa shape index (κ3) is 3.47. The van der Waals surface area contributed by atoms with Crippen LogP contribution in [0.4, 0.5) is 5.69 Å². The highest BCUT2D eigenvalue weighted by molar-refractivity contribution is 7.11. The second-order valence-corrected chi connectivity index (χ2v) is 8.28. The fraction of sp³-hybridized carbons (Fsp3) is 0.261. The molecule has 0 atom stereocenters. The Morgan fingerprint density at radius 2 is 1.77 bits per heavy atom. The van der Waals surface area contributed by atoms with Crippen LogP contribution in [0, 0.1) is 0 Å². The van der Waals surface area contributed by atoms with E-state index in [9.17, 15) is 14.4 Å². The number of morpholine rings is 1. The predicted molar refractivity (Wildman–Crippen MR) is 117 cm³/mol. The predicted octanol–water partition coefficient (Wildman–Crippen LogP) is 3.19. The van der Waals surface area contributed by atoms with Gasteiger partial charge in [-0.15, -0.1) is 11.3 Å². The molecule has 0 unspecified atom stereocenters. The van der Waals surface area contributed by atoms with Crippen molar-refractivity contribution in [2.45, 2.75) is 0 Å². The van der Waals surface area contributed by atoms with Gasteiger partial charge < -0.3 is 14.4 Å². The van der Waals surface area contributed by atoms with E-state index in [1.54, 1.807) is 29.6 Å². The van der Waals surface area contributed by atoms with Gasteiger partial charge in [-0.1, -0.05) is 18.2 Å². The molecule has 31 heavy (non-hydrogen) atoms. The molecule has 2 aliphatic rings. The zero-order chi connectivity index (χ0) is 21.4. The Labute approximate surface area is 182 Å². The van der Waals surface area contributed by atoms with Gasteiger partial charge in [0.2, 0.25) is 0 Å². The first-order valence-corrected chi connectivity index (χ1v) is 11.0. The van der Waals surface area contributed by atoms with Crippen LogP contribution < -0.4 is 4.90 Å². The molecule has 0 aliphatic carbocycles. The number of amides is 2. The minimum atomic E-state index is -0.454. The molecular formula is C23H20N2O5S. The van der Waals surface area contributed by atoms with Crippen molar-refractivity contribution < 1.29 is 23.9 Å². The molecule has 2 aliphatic heterocycles. The van der Waals surface area contributed by atoms with Crippen molar-refractivity contribution in [1.29, 1.82) is 0 Å². The fourth-order valence-corrected chi connectivity index (χ4v) is 4.73. The van der Waals surface area contributed by atoms with E-state index in [1.807, 2.05) is 18.2 Å². The van der Waals surface area contributed by atoms with Crippen molar-refractivity contribution in [3.05, 3.63) is 63.8 Å². The molecule has 0 saturated carbocycles. The number of ether oxygens (including phenoxy) is 2. The maximum Gasteiger partial charge on any atom is 0.348 e. The number of anilines is 1. The highest BCUT2D eigenvalue weighted by atomic mass is 32.1. The van der Waals surface area contributed by atoms with E-state index in [0.717, 1.165) is 29.1 Å². The SMILES string of the molecule is O=C(OCCN1C(=O)c2cccc3c(N4CCOCC4)ccc(c23)C1=O)c1cccs1. The largest absolute Gasteiger partial charge is 0.460 e. The molecule has 2 amide bonds. The first-order valence-electron chi connectivity index (χ1n) is 10.1. The van der Waals surface area contributed by atoms with Gasteiger partial charge in [0.25, 0.3) is 11.8 Å². The van der Waals surface area contributed by atoms with Crippen LogP contribution in [0.5, 0.6) is 0 Å². The number of benzene rings is 2. The second kappa shape index (κ2) is 8.13.